The molecule has 1 N–H and O–H groups in total. The maximum atomic E-state index is 12.3. The summed E-state index contributed by atoms with van der Waals surface area (Å²) in [7, 11) is 1.33. The van der Waals surface area contributed by atoms with E-state index in [9.17, 15) is 19.7 Å². The topological polar surface area (TPSA) is 126 Å². The van der Waals surface area contributed by atoms with Gasteiger partial charge in [-0.15, -0.1) is 0 Å². The molecule has 1 fully saturated rings. The number of carbonyl (C=O) groups excluding carboxylic acids is 2. The Morgan fingerprint density at radius 1 is 1.32 bits per heavy atom. The van der Waals surface area contributed by atoms with Crippen LogP contribution in [0.25, 0.3) is 0 Å². The lowest BCUT2D eigenvalue weighted by atomic mass is 10.2. The number of nitro benzene ring substituents is 1. The zero-order valence-electron chi connectivity index (χ0n) is 15.3. The first-order valence-corrected chi connectivity index (χ1v) is 8.82. The minimum atomic E-state index is -0.889. The summed E-state index contributed by atoms with van der Waals surface area (Å²) < 4.78 is 11.8. The number of amides is 1. The van der Waals surface area contributed by atoms with Gasteiger partial charge in [0.05, 0.1) is 24.3 Å². The molecule has 0 aliphatic heterocycles. The highest BCUT2D eigenvalue weighted by atomic mass is 16.6. The summed E-state index contributed by atoms with van der Waals surface area (Å²) in [6.07, 6.45) is 5.87. The number of aromatic nitrogens is 2. The van der Waals surface area contributed by atoms with Gasteiger partial charge >= 0.3 is 5.97 Å². The molecule has 1 aromatic carbocycles. The highest BCUT2D eigenvalue weighted by Crippen LogP contribution is 2.31. The average molecular weight is 388 g/mol. The van der Waals surface area contributed by atoms with Gasteiger partial charge in [-0.05, 0) is 18.9 Å². The van der Waals surface area contributed by atoms with Gasteiger partial charge in [0.25, 0.3) is 11.6 Å². The van der Waals surface area contributed by atoms with E-state index in [0.29, 0.717) is 5.82 Å². The highest BCUT2D eigenvalue weighted by molar-refractivity contribution is 5.96. The summed E-state index contributed by atoms with van der Waals surface area (Å²) in [5.41, 5.74) is -0.404. The number of rotatable bonds is 7. The van der Waals surface area contributed by atoms with E-state index in [1.165, 1.54) is 19.2 Å². The Morgan fingerprint density at radius 3 is 2.75 bits per heavy atom. The third-order valence-electron chi connectivity index (χ3n) is 4.56. The Balaban J connectivity index is 1.62. The van der Waals surface area contributed by atoms with Crippen LogP contribution in [-0.2, 0) is 9.53 Å². The molecule has 1 aromatic heterocycles. The first kappa shape index (κ1) is 19.3. The molecule has 0 unspecified atom stereocenters. The number of hydrogen-bond acceptors (Lipinski definition) is 7. The van der Waals surface area contributed by atoms with Gasteiger partial charge in [0, 0.05) is 18.2 Å². The van der Waals surface area contributed by atoms with Crippen molar-refractivity contribution in [2.75, 3.05) is 19.0 Å². The van der Waals surface area contributed by atoms with E-state index >= 15 is 0 Å². The highest BCUT2D eigenvalue weighted by Gasteiger charge is 2.22. The number of esters is 1. The molecule has 148 valence electrons. The Labute approximate surface area is 160 Å². The Bertz CT molecular complexity index is 888. The van der Waals surface area contributed by atoms with Gasteiger partial charge in [0.1, 0.15) is 17.1 Å². The van der Waals surface area contributed by atoms with Crippen molar-refractivity contribution < 1.29 is 24.0 Å². The van der Waals surface area contributed by atoms with Crippen LogP contribution >= 0.6 is 0 Å². The molecule has 1 aliphatic carbocycles. The number of carbonyl (C=O) groups is 2. The minimum absolute atomic E-state index is 0.121. The zero-order valence-corrected chi connectivity index (χ0v) is 15.3. The van der Waals surface area contributed by atoms with Crippen molar-refractivity contribution in [3.05, 3.63) is 46.1 Å². The quantitative estimate of drug-likeness (QED) is 0.439. The first-order valence-electron chi connectivity index (χ1n) is 8.82. The molecule has 0 bridgehead atoms. The molecule has 0 spiro atoms. The standard InChI is InChI=1S/C18H20N4O6/c1-27-15-7-6-13(22(25)26)10-14(15)18(24)28-11-17(23)20-16-8-9-19-21(16)12-4-2-3-5-12/h6-10,12H,2-5,11H2,1H3,(H,20,23). The summed E-state index contributed by atoms with van der Waals surface area (Å²) in [6.45, 7) is -0.541. The molecule has 1 amide bonds. The number of anilines is 1. The van der Waals surface area contributed by atoms with Crippen LogP contribution in [0.4, 0.5) is 11.5 Å². The first-order chi connectivity index (χ1) is 13.5. The monoisotopic (exact) mass is 388 g/mol. The lowest BCUT2D eigenvalue weighted by molar-refractivity contribution is -0.384. The van der Waals surface area contributed by atoms with E-state index in [0.717, 1.165) is 31.7 Å². The van der Waals surface area contributed by atoms with Crippen LogP contribution in [-0.4, -0.2) is 40.3 Å². The average Bonchev–Trinajstić information content (AvgIpc) is 3.37. The molecule has 10 heteroatoms. The molecule has 1 heterocycles. The van der Waals surface area contributed by atoms with E-state index in [4.69, 9.17) is 9.47 Å². The van der Waals surface area contributed by atoms with E-state index in [1.807, 2.05) is 0 Å². The molecular formula is C18H20N4O6. The molecule has 1 saturated carbocycles. The maximum absolute atomic E-state index is 12.3. The van der Waals surface area contributed by atoms with Gasteiger partial charge < -0.3 is 14.8 Å². The van der Waals surface area contributed by atoms with Crippen LogP contribution in [0.5, 0.6) is 5.75 Å². The number of methoxy groups -OCH3 is 1. The fraction of sp³-hybridized carbons (Fsp3) is 0.389. The lowest BCUT2D eigenvalue weighted by Crippen LogP contribution is -2.23. The second-order valence-electron chi connectivity index (χ2n) is 6.37. The van der Waals surface area contributed by atoms with Crippen molar-refractivity contribution in [3.63, 3.8) is 0 Å². The van der Waals surface area contributed by atoms with Crippen molar-refractivity contribution in [2.45, 2.75) is 31.7 Å². The SMILES string of the molecule is COc1ccc([N+](=O)[O-])cc1C(=O)OCC(=O)Nc1ccnn1C1CCCC1. The molecule has 2 aromatic rings. The summed E-state index contributed by atoms with van der Waals surface area (Å²) in [6, 6.07) is 5.50. The number of ether oxygens (including phenoxy) is 2. The maximum Gasteiger partial charge on any atom is 0.342 e. The number of benzene rings is 1. The fourth-order valence-electron chi connectivity index (χ4n) is 3.21. The van der Waals surface area contributed by atoms with E-state index in [1.54, 1.807) is 16.9 Å². The molecule has 1 aliphatic rings. The van der Waals surface area contributed by atoms with Gasteiger partial charge in [-0.3, -0.25) is 14.9 Å². The van der Waals surface area contributed by atoms with Gasteiger partial charge in [-0.25, -0.2) is 9.48 Å². The fourth-order valence-corrected chi connectivity index (χ4v) is 3.21. The van der Waals surface area contributed by atoms with Gasteiger partial charge in [0.2, 0.25) is 0 Å². The molecule has 0 saturated heterocycles. The molecule has 0 atom stereocenters. The van der Waals surface area contributed by atoms with Crippen molar-refractivity contribution in [1.82, 2.24) is 9.78 Å². The Hall–Kier alpha value is -3.43. The predicted molar refractivity (Wildman–Crippen MR) is 98.3 cm³/mol. The summed E-state index contributed by atoms with van der Waals surface area (Å²) in [5, 5.41) is 17.8. The Morgan fingerprint density at radius 2 is 2.07 bits per heavy atom. The number of nitrogens with one attached hydrogen (secondary N) is 1. The largest absolute Gasteiger partial charge is 0.496 e. The van der Waals surface area contributed by atoms with Gasteiger partial charge in [0.15, 0.2) is 6.61 Å². The zero-order chi connectivity index (χ0) is 20.1. The van der Waals surface area contributed by atoms with E-state index in [2.05, 4.69) is 10.4 Å². The number of hydrogen-bond donors (Lipinski definition) is 1. The minimum Gasteiger partial charge on any atom is -0.496 e. The van der Waals surface area contributed by atoms with Crippen molar-refractivity contribution in [2.24, 2.45) is 0 Å². The van der Waals surface area contributed by atoms with Crippen molar-refractivity contribution in [1.29, 1.82) is 0 Å². The molecule has 0 radical (unpaired) electrons. The van der Waals surface area contributed by atoms with Crippen LogP contribution in [0.15, 0.2) is 30.5 Å². The number of nitro groups is 1. The van der Waals surface area contributed by atoms with Gasteiger partial charge in [-0.2, -0.15) is 5.10 Å². The Kier molecular flexibility index (Phi) is 5.87. The summed E-state index contributed by atoms with van der Waals surface area (Å²) >= 11 is 0. The van der Waals surface area contributed by atoms with Crippen LogP contribution in [0.1, 0.15) is 42.1 Å². The summed E-state index contributed by atoms with van der Waals surface area (Å²) in [5.74, 6) is -0.756. The second-order valence-corrected chi connectivity index (χ2v) is 6.37. The number of non-ortho nitro benzene ring substituents is 1. The molecule has 10 nitrogen and oxygen atoms in total. The van der Waals surface area contributed by atoms with E-state index in [-0.39, 0.29) is 23.0 Å². The van der Waals surface area contributed by atoms with Crippen LogP contribution in [0.3, 0.4) is 0 Å². The van der Waals surface area contributed by atoms with Crippen molar-refractivity contribution in [3.8, 4) is 5.75 Å². The summed E-state index contributed by atoms with van der Waals surface area (Å²) in [4.78, 5) is 34.7. The second kappa shape index (κ2) is 8.51. The normalized spacial score (nSPS) is 13.9. The third-order valence-corrected chi connectivity index (χ3v) is 4.56. The molecule has 28 heavy (non-hydrogen) atoms. The third kappa shape index (κ3) is 4.27. The van der Waals surface area contributed by atoms with Crippen LogP contribution < -0.4 is 10.1 Å². The van der Waals surface area contributed by atoms with Gasteiger partial charge in [-0.1, -0.05) is 12.8 Å². The smallest absolute Gasteiger partial charge is 0.342 e. The lowest BCUT2D eigenvalue weighted by Gasteiger charge is -2.14. The van der Waals surface area contributed by atoms with Crippen LogP contribution in [0, 0.1) is 10.1 Å². The predicted octanol–water partition coefficient (Wildman–Crippen LogP) is 2.71. The molecular weight excluding hydrogens is 368 g/mol. The van der Waals surface area contributed by atoms with Crippen LogP contribution in [0.2, 0.25) is 0 Å². The molecule has 3 rings (SSSR count). The van der Waals surface area contributed by atoms with E-state index < -0.39 is 23.4 Å². The van der Waals surface area contributed by atoms with Crippen molar-refractivity contribution >= 4 is 23.4 Å². The number of nitrogens with zero attached hydrogens (tertiary/aromatic N) is 3.